The summed E-state index contributed by atoms with van der Waals surface area (Å²) in [5.41, 5.74) is 1.15. The van der Waals surface area contributed by atoms with Gasteiger partial charge in [-0.05, 0) is 49.1 Å². The molecule has 1 fully saturated rings. The molecule has 1 aliphatic rings. The van der Waals surface area contributed by atoms with Crippen molar-refractivity contribution in [1.82, 2.24) is 4.98 Å². The third kappa shape index (κ3) is 6.70. The number of hydrogen-bond donors (Lipinski definition) is 2. The Kier molecular flexibility index (Phi) is 7.79. The summed E-state index contributed by atoms with van der Waals surface area (Å²) < 4.78 is 0. The van der Waals surface area contributed by atoms with Crippen molar-refractivity contribution in [2.75, 3.05) is 10.6 Å². The van der Waals surface area contributed by atoms with Gasteiger partial charge in [-0.3, -0.25) is 9.59 Å². The summed E-state index contributed by atoms with van der Waals surface area (Å²) in [7, 11) is 0. The van der Waals surface area contributed by atoms with Crippen LogP contribution >= 0.6 is 0 Å². The number of carbonyl (C=O) groups excluding carboxylic acids is 2. The van der Waals surface area contributed by atoms with Crippen molar-refractivity contribution < 1.29 is 9.59 Å². The van der Waals surface area contributed by atoms with Crippen molar-refractivity contribution in [3.8, 4) is 0 Å². The second-order valence-corrected chi connectivity index (χ2v) is 7.90. The molecule has 29 heavy (non-hydrogen) atoms. The van der Waals surface area contributed by atoms with Gasteiger partial charge in [-0.25, -0.2) is 4.98 Å². The van der Waals surface area contributed by atoms with E-state index >= 15 is 0 Å². The van der Waals surface area contributed by atoms with E-state index < -0.39 is 0 Å². The number of hydrogen-bond acceptors (Lipinski definition) is 3. The van der Waals surface area contributed by atoms with Gasteiger partial charge in [0.2, 0.25) is 5.91 Å². The largest absolute Gasteiger partial charge is 0.326 e. The summed E-state index contributed by atoms with van der Waals surface area (Å²) in [6, 6.07) is 12.4. The number of unbranched alkanes of at least 4 members (excludes halogenated alkanes) is 5. The fraction of sp³-hybridized carbons (Fsp3) is 0.458. The molecule has 2 amide bonds. The Morgan fingerprint density at radius 3 is 2.62 bits per heavy atom. The van der Waals surface area contributed by atoms with Gasteiger partial charge in [0.1, 0.15) is 5.82 Å². The molecule has 0 saturated heterocycles. The smallest absolute Gasteiger partial charge is 0.256 e. The van der Waals surface area contributed by atoms with Gasteiger partial charge < -0.3 is 10.6 Å². The van der Waals surface area contributed by atoms with Crippen molar-refractivity contribution in [3.63, 3.8) is 0 Å². The maximum atomic E-state index is 12.5. The minimum absolute atomic E-state index is 0.0725. The molecule has 0 bridgehead atoms. The fourth-order valence-electron chi connectivity index (χ4n) is 3.67. The third-order valence-corrected chi connectivity index (χ3v) is 5.49. The second kappa shape index (κ2) is 10.7. The molecular formula is C24H31N3O2. The zero-order valence-electron chi connectivity index (χ0n) is 17.2. The number of benzene rings is 1. The SMILES string of the molecule is CCCCCCCC[C@H]1C[C@H]1C(=O)Nc1cccc(C(=O)Nc2ccccn2)c1. The molecule has 0 unspecified atom stereocenters. The Bertz CT molecular complexity index is 807. The summed E-state index contributed by atoms with van der Waals surface area (Å²) >= 11 is 0. The number of nitrogens with zero attached hydrogens (tertiary/aromatic N) is 1. The quantitative estimate of drug-likeness (QED) is 0.484. The summed E-state index contributed by atoms with van der Waals surface area (Å²) in [5, 5.41) is 5.74. The number of pyridine rings is 1. The second-order valence-electron chi connectivity index (χ2n) is 7.90. The molecule has 0 aliphatic heterocycles. The topological polar surface area (TPSA) is 71.1 Å². The zero-order valence-corrected chi connectivity index (χ0v) is 17.2. The molecular weight excluding hydrogens is 362 g/mol. The Balaban J connectivity index is 1.43. The molecule has 3 rings (SSSR count). The van der Waals surface area contributed by atoms with Gasteiger partial charge in [0.25, 0.3) is 5.91 Å². The van der Waals surface area contributed by atoms with Crippen molar-refractivity contribution in [2.24, 2.45) is 11.8 Å². The first-order valence-corrected chi connectivity index (χ1v) is 10.8. The minimum Gasteiger partial charge on any atom is -0.326 e. The zero-order chi connectivity index (χ0) is 20.5. The predicted molar refractivity (Wildman–Crippen MR) is 117 cm³/mol. The van der Waals surface area contributed by atoms with Crippen LogP contribution in [0.5, 0.6) is 0 Å². The maximum absolute atomic E-state index is 12.5. The highest BCUT2D eigenvalue weighted by atomic mass is 16.2. The normalized spacial score (nSPS) is 17.6. The highest BCUT2D eigenvalue weighted by Crippen LogP contribution is 2.43. The first-order chi connectivity index (χ1) is 14.2. The van der Waals surface area contributed by atoms with E-state index in [-0.39, 0.29) is 17.7 Å². The molecule has 1 saturated carbocycles. The fourth-order valence-corrected chi connectivity index (χ4v) is 3.67. The molecule has 1 heterocycles. The summed E-state index contributed by atoms with van der Waals surface area (Å²) in [6.07, 6.45) is 11.5. The molecule has 0 spiro atoms. The van der Waals surface area contributed by atoms with Gasteiger partial charge in [0, 0.05) is 23.4 Å². The van der Waals surface area contributed by atoms with E-state index in [1.54, 1.807) is 36.5 Å². The summed E-state index contributed by atoms with van der Waals surface area (Å²) in [6.45, 7) is 2.23. The molecule has 1 aromatic heterocycles. The standard InChI is InChI=1S/C24H31N3O2/c1-2-3-4-5-6-7-11-18-17-21(18)24(29)26-20-13-10-12-19(16-20)23(28)27-22-14-8-9-15-25-22/h8-10,12-16,18,21H,2-7,11,17H2,1H3,(H,26,29)(H,25,27,28)/t18-,21+/m0/s1. The van der Waals surface area contributed by atoms with Gasteiger partial charge in [-0.1, -0.05) is 57.6 Å². The lowest BCUT2D eigenvalue weighted by molar-refractivity contribution is -0.117. The van der Waals surface area contributed by atoms with Crippen LogP contribution in [-0.2, 0) is 4.79 Å². The highest BCUT2D eigenvalue weighted by Gasteiger charge is 2.42. The Hall–Kier alpha value is -2.69. The molecule has 1 aromatic carbocycles. The van der Waals surface area contributed by atoms with Crippen LogP contribution in [0.4, 0.5) is 11.5 Å². The van der Waals surface area contributed by atoms with Crippen LogP contribution in [-0.4, -0.2) is 16.8 Å². The van der Waals surface area contributed by atoms with E-state index in [0.717, 1.165) is 12.8 Å². The van der Waals surface area contributed by atoms with Crippen LogP contribution in [0.15, 0.2) is 48.7 Å². The summed E-state index contributed by atoms with van der Waals surface area (Å²) in [4.78, 5) is 29.0. The van der Waals surface area contributed by atoms with E-state index in [0.29, 0.717) is 23.0 Å². The number of amides is 2. The van der Waals surface area contributed by atoms with E-state index in [4.69, 9.17) is 0 Å². The predicted octanol–water partition coefficient (Wildman–Crippen LogP) is 5.66. The van der Waals surface area contributed by atoms with Gasteiger partial charge in [0.15, 0.2) is 0 Å². The van der Waals surface area contributed by atoms with E-state index in [2.05, 4.69) is 22.5 Å². The Morgan fingerprint density at radius 2 is 1.83 bits per heavy atom. The van der Waals surface area contributed by atoms with Crippen molar-refractivity contribution in [1.29, 1.82) is 0 Å². The lowest BCUT2D eigenvalue weighted by Crippen LogP contribution is -2.16. The average Bonchev–Trinajstić information content (AvgIpc) is 3.51. The van der Waals surface area contributed by atoms with Crippen LogP contribution in [0.25, 0.3) is 0 Å². The van der Waals surface area contributed by atoms with E-state index in [1.165, 1.54) is 38.5 Å². The summed E-state index contributed by atoms with van der Waals surface area (Å²) in [5.74, 6) is 0.978. The van der Waals surface area contributed by atoms with Gasteiger partial charge in [0.05, 0.1) is 0 Å². The first-order valence-electron chi connectivity index (χ1n) is 10.8. The number of anilines is 2. The molecule has 5 nitrogen and oxygen atoms in total. The van der Waals surface area contributed by atoms with Crippen LogP contribution in [0.3, 0.4) is 0 Å². The number of carbonyl (C=O) groups is 2. The van der Waals surface area contributed by atoms with Crippen LogP contribution in [0.1, 0.15) is 68.6 Å². The number of rotatable bonds is 11. The molecule has 2 aromatic rings. The van der Waals surface area contributed by atoms with E-state index in [9.17, 15) is 9.59 Å². The molecule has 1 aliphatic carbocycles. The van der Waals surface area contributed by atoms with Gasteiger partial charge in [-0.15, -0.1) is 0 Å². The van der Waals surface area contributed by atoms with Gasteiger partial charge in [-0.2, -0.15) is 0 Å². The van der Waals surface area contributed by atoms with Gasteiger partial charge >= 0.3 is 0 Å². The van der Waals surface area contributed by atoms with Crippen LogP contribution in [0, 0.1) is 11.8 Å². The minimum atomic E-state index is -0.243. The lowest BCUT2D eigenvalue weighted by Gasteiger charge is -2.08. The maximum Gasteiger partial charge on any atom is 0.256 e. The van der Waals surface area contributed by atoms with Crippen LogP contribution in [0.2, 0.25) is 0 Å². The molecule has 2 N–H and O–H groups in total. The van der Waals surface area contributed by atoms with Crippen molar-refractivity contribution in [2.45, 2.75) is 58.3 Å². The van der Waals surface area contributed by atoms with Crippen molar-refractivity contribution in [3.05, 3.63) is 54.2 Å². The van der Waals surface area contributed by atoms with Crippen molar-refractivity contribution >= 4 is 23.3 Å². The molecule has 0 radical (unpaired) electrons. The monoisotopic (exact) mass is 393 g/mol. The highest BCUT2D eigenvalue weighted by molar-refractivity contribution is 6.05. The molecule has 154 valence electrons. The van der Waals surface area contributed by atoms with E-state index in [1.807, 2.05) is 12.1 Å². The number of nitrogens with one attached hydrogen (secondary N) is 2. The first kappa shape index (κ1) is 21.0. The Labute approximate surface area is 173 Å². The molecule has 2 atom stereocenters. The molecule has 5 heteroatoms. The van der Waals surface area contributed by atoms with Crippen LogP contribution < -0.4 is 10.6 Å². The lowest BCUT2D eigenvalue weighted by atomic mass is 10.1. The number of aromatic nitrogens is 1. The Morgan fingerprint density at radius 1 is 1.00 bits per heavy atom. The average molecular weight is 394 g/mol. The third-order valence-electron chi connectivity index (χ3n) is 5.49.